The van der Waals surface area contributed by atoms with Crippen LogP contribution in [-0.2, 0) is 21.4 Å². The largest absolute Gasteiger partial charge is 0.486 e. The van der Waals surface area contributed by atoms with Crippen LogP contribution >= 0.6 is 0 Å². The number of benzene rings is 1. The number of nitriles is 1. The Balaban J connectivity index is 1.39. The van der Waals surface area contributed by atoms with Gasteiger partial charge in [-0.25, -0.2) is 18.1 Å². The Bertz CT molecular complexity index is 1070. The van der Waals surface area contributed by atoms with Gasteiger partial charge >= 0.3 is 0 Å². The first kappa shape index (κ1) is 19.2. The summed E-state index contributed by atoms with van der Waals surface area (Å²) in [5.41, 5.74) is 0. The number of piperazine rings is 1. The molecule has 0 aliphatic carbocycles. The van der Waals surface area contributed by atoms with E-state index in [0.717, 1.165) is 0 Å². The smallest absolute Gasteiger partial charge is 0.252 e. The Labute approximate surface area is 167 Å². The maximum atomic E-state index is 12.9. The third-order valence-electron chi connectivity index (χ3n) is 4.68. The molecule has 1 saturated heterocycles. The fourth-order valence-corrected chi connectivity index (χ4v) is 4.61. The summed E-state index contributed by atoms with van der Waals surface area (Å²) in [5.74, 6) is 0.720. The van der Waals surface area contributed by atoms with Crippen molar-refractivity contribution in [3.63, 3.8) is 0 Å². The van der Waals surface area contributed by atoms with E-state index in [-0.39, 0.29) is 49.4 Å². The van der Waals surface area contributed by atoms with Crippen molar-refractivity contribution in [2.24, 2.45) is 0 Å². The topological polar surface area (TPSA) is 131 Å². The SMILES string of the molecule is N#Cc1ncn(CC(=O)N2CCN(S(=O)(=O)c3ccc4c(c3)OCCO4)CC2)n1. The van der Waals surface area contributed by atoms with Gasteiger partial charge in [-0.15, -0.1) is 5.10 Å². The van der Waals surface area contributed by atoms with E-state index in [1.165, 1.54) is 27.4 Å². The van der Waals surface area contributed by atoms with Gasteiger partial charge in [0.05, 0.1) is 4.90 Å². The van der Waals surface area contributed by atoms with E-state index in [1.54, 1.807) is 17.0 Å². The van der Waals surface area contributed by atoms with Gasteiger partial charge < -0.3 is 14.4 Å². The van der Waals surface area contributed by atoms with Crippen molar-refractivity contribution in [2.75, 3.05) is 39.4 Å². The second-order valence-corrected chi connectivity index (χ2v) is 8.41. The molecule has 1 aromatic heterocycles. The molecule has 0 unspecified atom stereocenters. The van der Waals surface area contributed by atoms with Crippen molar-refractivity contribution in [1.29, 1.82) is 5.26 Å². The van der Waals surface area contributed by atoms with E-state index in [0.29, 0.717) is 24.7 Å². The summed E-state index contributed by atoms with van der Waals surface area (Å²) in [7, 11) is -3.71. The minimum atomic E-state index is -3.71. The molecule has 2 aromatic rings. The first-order chi connectivity index (χ1) is 14.0. The highest BCUT2D eigenvalue weighted by Crippen LogP contribution is 2.33. The molecule has 11 nitrogen and oxygen atoms in total. The maximum absolute atomic E-state index is 12.9. The van der Waals surface area contributed by atoms with Gasteiger partial charge in [-0.1, -0.05) is 0 Å². The highest BCUT2D eigenvalue weighted by molar-refractivity contribution is 7.89. The minimum Gasteiger partial charge on any atom is -0.486 e. The summed E-state index contributed by atoms with van der Waals surface area (Å²) >= 11 is 0. The summed E-state index contributed by atoms with van der Waals surface area (Å²) in [6.07, 6.45) is 1.32. The molecule has 1 aromatic carbocycles. The number of sulfonamides is 1. The molecule has 1 amide bonds. The normalized spacial score (nSPS) is 17.0. The average Bonchev–Trinajstić information content (AvgIpc) is 3.21. The van der Waals surface area contributed by atoms with E-state index in [1.807, 2.05) is 0 Å². The van der Waals surface area contributed by atoms with Crippen LogP contribution in [0, 0.1) is 11.3 Å². The Hall–Kier alpha value is -3.17. The molecule has 4 rings (SSSR count). The monoisotopic (exact) mass is 418 g/mol. The zero-order valence-electron chi connectivity index (χ0n) is 15.4. The predicted molar refractivity (Wildman–Crippen MR) is 97.5 cm³/mol. The molecule has 0 N–H and O–H groups in total. The van der Waals surface area contributed by atoms with Gasteiger partial charge in [-0.2, -0.15) is 9.57 Å². The van der Waals surface area contributed by atoms with Gasteiger partial charge in [0, 0.05) is 32.2 Å². The standard InChI is InChI=1S/C17H18N6O5S/c18-10-16-19-12-22(20-16)11-17(24)21-3-5-23(6-4-21)29(25,26)13-1-2-14-15(9-13)28-8-7-27-14/h1-2,9,12H,3-8,11H2. The Morgan fingerprint density at radius 3 is 2.55 bits per heavy atom. The zero-order valence-corrected chi connectivity index (χ0v) is 16.2. The maximum Gasteiger partial charge on any atom is 0.252 e. The fourth-order valence-electron chi connectivity index (χ4n) is 3.17. The van der Waals surface area contributed by atoms with E-state index < -0.39 is 10.0 Å². The van der Waals surface area contributed by atoms with Crippen LogP contribution in [-0.4, -0.2) is 77.7 Å². The number of carbonyl (C=O) groups is 1. The van der Waals surface area contributed by atoms with Crippen molar-refractivity contribution in [1.82, 2.24) is 24.0 Å². The third kappa shape index (κ3) is 3.87. The minimum absolute atomic E-state index is 0.00635. The van der Waals surface area contributed by atoms with Crippen molar-refractivity contribution >= 4 is 15.9 Å². The van der Waals surface area contributed by atoms with Gasteiger partial charge in [-0.3, -0.25) is 4.79 Å². The highest BCUT2D eigenvalue weighted by atomic mass is 32.2. The molecule has 0 atom stereocenters. The Morgan fingerprint density at radius 1 is 1.14 bits per heavy atom. The van der Waals surface area contributed by atoms with E-state index in [4.69, 9.17) is 14.7 Å². The van der Waals surface area contributed by atoms with Crippen LogP contribution in [0.2, 0.25) is 0 Å². The van der Waals surface area contributed by atoms with E-state index >= 15 is 0 Å². The van der Waals surface area contributed by atoms with Crippen LogP contribution in [0.1, 0.15) is 5.82 Å². The van der Waals surface area contributed by atoms with E-state index in [2.05, 4.69) is 10.1 Å². The second-order valence-electron chi connectivity index (χ2n) is 6.47. The molecule has 0 radical (unpaired) electrons. The van der Waals surface area contributed by atoms with Gasteiger partial charge in [0.1, 0.15) is 32.2 Å². The molecule has 29 heavy (non-hydrogen) atoms. The van der Waals surface area contributed by atoms with Crippen LogP contribution in [0.25, 0.3) is 0 Å². The van der Waals surface area contributed by atoms with Crippen LogP contribution < -0.4 is 9.47 Å². The van der Waals surface area contributed by atoms with Crippen LogP contribution in [0.15, 0.2) is 29.4 Å². The van der Waals surface area contributed by atoms with Crippen LogP contribution in [0.3, 0.4) is 0 Å². The first-order valence-electron chi connectivity index (χ1n) is 8.94. The number of rotatable bonds is 4. The first-order valence-corrected chi connectivity index (χ1v) is 10.4. The number of aromatic nitrogens is 3. The number of ether oxygens (including phenoxy) is 2. The third-order valence-corrected chi connectivity index (χ3v) is 6.57. The van der Waals surface area contributed by atoms with Crippen molar-refractivity contribution < 1.29 is 22.7 Å². The van der Waals surface area contributed by atoms with Crippen molar-refractivity contribution in [3.8, 4) is 17.6 Å². The van der Waals surface area contributed by atoms with Gasteiger partial charge in [0.2, 0.25) is 15.9 Å². The summed E-state index contributed by atoms with van der Waals surface area (Å²) < 4.78 is 39.4. The second kappa shape index (κ2) is 7.69. The Morgan fingerprint density at radius 2 is 1.86 bits per heavy atom. The number of fused-ring (bicyclic) bond motifs is 1. The lowest BCUT2D eigenvalue weighted by molar-refractivity contribution is -0.133. The molecule has 2 aliphatic rings. The summed E-state index contributed by atoms with van der Waals surface area (Å²) in [6.45, 7) is 1.65. The molecule has 2 aliphatic heterocycles. The van der Waals surface area contributed by atoms with Crippen LogP contribution in [0.4, 0.5) is 0 Å². The van der Waals surface area contributed by atoms with Gasteiger partial charge in [0.15, 0.2) is 11.5 Å². The lowest BCUT2D eigenvalue weighted by Gasteiger charge is -2.34. The zero-order chi connectivity index (χ0) is 20.4. The summed E-state index contributed by atoms with van der Waals surface area (Å²) in [4.78, 5) is 17.9. The lowest BCUT2D eigenvalue weighted by Crippen LogP contribution is -2.51. The van der Waals surface area contributed by atoms with Crippen LogP contribution in [0.5, 0.6) is 11.5 Å². The number of hydrogen-bond acceptors (Lipinski definition) is 8. The quantitative estimate of drug-likeness (QED) is 0.647. The number of carbonyl (C=O) groups excluding carboxylic acids is 1. The summed E-state index contributed by atoms with van der Waals surface area (Å²) in [5, 5.41) is 12.6. The Kier molecular flexibility index (Phi) is 5.08. The average molecular weight is 418 g/mol. The lowest BCUT2D eigenvalue weighted by atomic mass is 10.3. The fraction of sp³-hybridized carbons (Fsp3) is 0.412. The van der Waals surface area contributed by atoms with Crippen molar-refractivity contribution in [2.45, 2.75) is 11.4 Å². The van der Waals surface area contributed by atoms with E-state index in [9.17, 15) is 13.2 Å². The molecule has 1 fully saturated rings. The summed E-state index contributed by atoms with van der Waals surface area (Å²) in [6, 6.07) is 6.36. The molecule has 0 spiro atoms. The van der Waals surface area contributed by atoms with Gasteiger partial charge in [0.25, 0.3) is 5.82 Å². The molecular weight excluding hydrogens is 400 g/mol. The highest BCUT2D eigenvalue weighted by Gasteiger charge is 2.31. The molecule has 0 bridgehead atoms. The predicted octanol–water partition coefficient (Wildman–Crippen LogP) is -0.546. The molecule has 152 valence electrons. The molecule has 12 heteroatoms. The van der Waals surface area contributed by atoms with Gasteiger partial charge in [-0.05, 0) is 12.1 Å². The molecular formula is C17H18N6O5S. The number of hydrogen-bond donors (Lipinski definition) is 0. The van der Waals surface area contributed by atoms with Crippen molar-refractivity contribution in [3.05, 3.63) is 30.4 Å². The number of nitrogens with zero attached hydrogens (tertiary/aromatic N) is 6. The molecule has 0 saturated carbocycles. The number of amides is 1. The molecule has 3 heterocycles.